The van der Waals surface area contributed by atoms with Gasteiger partial charge in [-0.15, -0.1) is 0 Å². The van der Waals surface area contributed by atoms with Crippen LogP contribution >= 0.6 is 45.2 Å². The van der Waals surface area contributed by atoms with Gasteiger partial charge in [-0.3, -0.25) is 0 Å². The predicted molar refractivity (Wildman–Crippen MR) is 112 cm³/mol. The summed E-state index contributed by atoms with van der Waals surface area (Å²) >= 11 is 4.52. The zero-order valence-electron chi connectivity index (χ0n) is 13.5. The molecule has 2 aromatic carbocycles. The third-order valence-electron chi connectivity index (χ3n) is 3.79. The molecule has 0 aromatic heterocycles. The van der Waals surface area contributed by atoms with E-state index in [2.05, 4.69) is 57.3 Å². The number of alkyl halides is 2. The first-order valence-corrected chi connectivity index (χ1v) is 10.1. The van der Waals surface area contributed by atoms with Crippen LogP contribution in [-0.4, -0.2) is 13.8 Å². The van der Waals surface area contributed by atoms with E-state index >= 15 is 0 Å². The highest BCUT2D eigenvalue weighted by molar-refractivity contribution is 14.2. The maximum Gasteiger partial charge on any atom is 0.206 e. The third kappa shape index (κ3) is 5.77. The van der Waals surface area contributed by atoms with E-state index < -0.39 is 0 Å². The fourth-order valence-electron chi connectivity index (χ4n) is 2.55. The Labute approximate surface area is 170 Å². The average Bonchev–Trinajstić information content (AvgIpc) is 2.49. The molecule has 128 valence electrons. The lowest BCUT2D eigenvalue weighted by atomic mass is 9.92. The number of halogens is 2. The molecule has 0 unspecified atom stereocenters. The third-order valence-corrected chi connectivity index (χ3v) is 4.23. The van der Waals surface area contributed by atoms with Gasteiger partial charge in [0, 0.05) is 18.9 Å². The molecule has 0 radical (unpaired) electrons. The summed E-state index contributed by atoms with van der Waals surface area (Å²) in [6.07, 6.45) is 2.40. The van der Waals surface area contributed by atoms with Crippen LogP contribution in [0.1, 0.15) is 25.3 Å². The monoisotopic (exact) mass is 550 g/mol. The SMILES string of the molecule is CC(I)(I)Oc1cccc(OC2CC(OCc3ccccc3)C2)c1. The minimum atomic E-state index is -0.263. The average molecular weight is 550 g/mol. The second-order valence-corrected chi connectivity index (χ2v) is 12.2. The smallest absolute Gasteiger partial charge is 0.206 e. The molecule has 1 aliphatic rings. The van der Waals surface area contributed by atoms with Gasteiger partial charge in [0.15, 0.2) is 0 Å². The Balaban J connectivity index is 1.43. The van der Waals surface area contributed by atoms with Crippen molar-refractivity contribution in [3.05, 3.63) is 60.2 Å². The van der Waals surface area contributed by atoms with Crippen molar-refractivity contribution in [2.45, 2.75) is 40.2 Å². The first-order chi connectivity index (χ1) is 11.5. The largest absolute Gasteiger partial charge is 0.490 e. The van der Waals surface area contributed by atoms with Gasteiger partial charge in [-0.25, -0.2) is 0 Å². The molecule has 0 atom stereocenters. The minimum Gasteiger partial charge on any atom is -0.490 e. The standard InChI is InChI=1S/C19H20I2O3/c1-19(20,21)24-16-9-5-8-15(10-16)23-18-11-17(12-18)22-13-14-6-3-2-4-7-14/h2-10,17-18H,11-13H2,1H3. The molecule has 0 saturated heterocycles. The van der Waals surface area contributed by atoms with E-state index in [0.29, 0.717) is 12.7 Å². The zero-order valence-corrected chi connectivity index (χ0v) is 17.8. The molecule has 24 heavy (non-hydrogen) atoms. The number of hydrogen-bond donors (Lipinski definition) is 0. The van der Waals surface area contributed by atoms with Crippen LogP contribution in [0.5, 0.6) is 11.5 Å². The fourth-order valence-corrected chi connectivity index (χ4v) is 3.06. The van der Waals surface area contributed by atoms with Crippen LogP contribution in [0.2, 0.25) is 0 Å². The Kier molecular flexibility index (Phi) is 6.26. The van der Waals surface area contributed by atoms with Crippen LogP contribution in [0, 0.1) is 0 Å². The summed E-state index contributed by atoms with van der Waals surface area (Å²) in [5.74, 6) is 1.69. The van der Waals surface area contributed by atoms with Gasteiger partial charge in [0.25, 0.3) is 0 Å². The van der Waals surface area contributed by atoms with Crippen molar-refractivity contribution in [3.63, 3.8) is 0 Å². The molecule has 0 N–H and O–H groups in total. The van der Waals surface area contributed by atoms with Gasteiger partial charge in [-0.2, -0.15) is 0 Å². The highest BCUT2D eigenvalue weighted by atomic mass is 127. The summed E-state index contributed by atoms with van der Waals surface area (Å²) < 4.78 is 17.5. The summed E-state index contributed by atoms with van der Waals surface area (Å²) in [7, 11) is 0. The van der Waals surface area contributed by atoms with Gasteiger partial charge in [0.2, 0.25) is 1.61 Å². The Morgan fingerprint density at radius 2 is 1.67 bits per heavy atom. The second kappa shape index (κ2) is 8.23. The molecule has 0 heterocycles. The second-order valence-electron chi connectivity index (χ2n) is 6.01. The first-order valence-electron chi connectivity index (χ1n) is 7.97. The number of ether oxygens (including phenoxy) is 3. The number of benzene rings is 2. The van der Waals surface area contributed by atoms with Crippen LogP contribution in [0.3, 0.4) is 0 Å². The maximum absolute atomic E-state index is 6.02. The minimum absolute atomic E-state index is 0.228. The van der Waals surface area contributed by atoms with Crippen LogP contribution < -0.4 is 9.47 Å². The van der Waals surface area contributed by atoms with E-state index in [1.165, 1.54) is 5.56 Å². The van der Waals surface area contributed by atoms with Gasteiger partial charge < -0.3 is 14.2 Å². The van der Waals surface area contributed by atoms with Crippen molar-refractivity contribution in [3.8, 4) is 11.5 Å². The van der Waals surface area contributed by atoms with Gasteiger partial charge >= 0.3 is 0 Å². The molecule has 1 fully saturated rings. The van der Waals surface area contributed by atoms with Gasteiger partial charge in [-0.1, -0.05) is 36.4 Å². The van der Waals surface area contributed by atoms with Gasteiger partial charge in [0.05, 0.1) is 12.7 Å². The Bertz CT molecular complexity index is 649. The predicted octanol–water partition coefficient (Wildman–Crippen LogP) is 5.74. The van der Waals surface area contributed by atoms with Crippen molar-refractivity contribution < 1.29 is 14.2 Å². The summed E-state index contributed by atoms with van der Waals surface area (Å²) in [5.41, 5.74) is 1.22. The van der Waals surface area contributed by atoms with Crippen molar-refractivity contribution >= 4 is 45.2 Å². The highest BCUT2D eigenvalue weighted by Gasteiger charge is 2.31. The normalized spacial score (nSPS) is 20.3. The van der Waals surface area contributed by atoms with Crippen LogP contribution in [-0.2, 0) is 11.3 Å². The lowest BCUT2D eigenvalue weighted by Gasteiger charge is -2.35. The van der Waals surface area contributed by atoms with Gasteiger partial charge in [-0.05, 0) is 69.8 Å². The van der Waals surface area contributed by atoms with Crippen molar-refractivity contribution in [1.82, 2.24) is 0 Å². The van der Waals surface area contributed by atoms with E-state index in [4.69, 9.17) is 14.2 Å². The molecule has 0 spiro atoms. The summed E-state index contributed by atoms with van der Waals surface area (Å²) in [6.45, 7) is 2.69. The fraction of sp³-hybridized carbons (Fsp3) is 0.368. The highest BCUT2D eigenvalue weighted by Crippen LogP contribution is 2.34. The van der Waals surface area contributed by atoms with Crippen LogP contribution in [0.15, 0.2) is 54.6 Å². The maximum atomic E-state index is 6.02. The van der Waals surface area contributed by atoms with Crippen molar-refractivity contribution in [1.29, 1.82) is 0 Å². The number of rotatable bonds is 7. The number of hydrogen-bond acceptors (Lipinski definition) is 3. The van der Waals surface area contributed by atoms with Gasteiger partial charge in [0.1, 0.15) is 17.6 Å². The van der Waals surface area contributed by atoms with Crippen molar-refractivity contribution in [2.24, 2.45) is 0 Å². The Hall–Kier alpha value is -0.540. The lowest BCUT2D eigenvalue weighted by molar-refractivity contribution is -0.0684. The molecular formula is C19H20I2O3. The lowest BCUT2D eigenvalue weighted by Crippen LogP contribution is -2.39. The molecule has 1 saturated carbocycles. The van der Waals surface area contributed by atoms with E-state index in [0.717, 1.165) is 24.3 Å². The Morgan fingerprint density at radius 1 is 0.958 bits per heavy atom. The molecule has 5 heteroatoms. The summed E-state index contributed by atoms with van der Waals surface area (Å²) in [4.78, 5) is 0. The van der Waals surface area contributed by atoms with Crippen LogP contribution in [0.25, 0.3) is 0 Å². The van der Waals surface area contributed by atoms with Crippen LogP contribution in [0.4, 0.5) is 0 Å². The van der Waals surface area contributed by atoms with E-state index in [9.17, 15) is 0 Å². The molecule has 0 amide bonds. The van der Waals surface area contributed by atoms with E-state index in [1.54, 1.807) is 0 Å². The van der Waals surface area contributed by atoms with E-state index in [1.807, 2.05) is 49.4 Å². The summed E-state index contributed by atoms with van der Waals surface area (Å²) in [5, 5.41) is 0. The van der Waals surface area contributed by atoms with E-state index in [-0.39, 0.29) is 7.72 Å². The molecule has 0 aliphatic heterocycles. The molecule has 3 nitrogen and oxygen atoms in total. The van der Waals surface area contributed by atoms with Crippen molar-refractivity contribution in [2.75, 3.05) is 0 Å². The zero-order chi connectivity index (χ0) is 17.0. The molecule has 3 rings (SSSR count). The molecule has 1 aliphatic carbocycles. The quantitative estimate of drug-likeness (QED) is 0.326. The topological polar surface area (TPSA) is 27.7 Å². The first kappa shape index (κ1) is 18.3. The Morgan fingerprint density at radius 3 is 2.38 bits per heavy atom. The molecule has 2 aromatic rings. The molecule has 0 bridgehead atoms. The molecular weight excluding hydrogens is 530 g/mol. The summed E-state index contributed by atoms with van der Waals surface area (Å²) in [6, 6.07) is 18.1.